The minimum atomic E-state index is -0.799. The Balaban J connectivity index is 4.01. The molecule has 0 fully saturated rings. The molecule has 0 heterocycles. The van der Waals surface area contributed by atoms with Crippen LogP contribution in [0, 0.1) is 0 Å². The minimum Gasteiger partial charge on any atom is -0.444 e. The lowest BCUT2D eigenvalue weighted by molar-refractivity contribution is -0.124. The van der Waals surface area contributed by atoms with Gasteiger partial charge in [0.1, 0.15) is 11.6 Å². The monoisotopic (exact) mass is 750 g/mol. The first kappa shape index (κ1) is 51.2. The highest BCUT2D eigenvalue weighted by atomic mass is 16.6. The standard InChI is InChI=1S/C46H91N3O4/c1-6-8-10-12-14-16-18-20-22-24-26-28-30-32-34-36-40-47-43(50)39-38-42(49-45(52)53-46(3,4)5)44(51)48-41-37-35-33-31-29-27-25-23-21-19-17-15-13-11-9-7-2/h42H,6-41H2,1-5H3,(H,47,50)(H,48,51)(H,49,52)/t42-/m0/s1. The fourth-order valence-corrected chi connectivity index (χ4v) is 6.99. The summed E-state index contributed by atoms with van der Waals surface area (Å²) in [5.41, 5.74) is -0.664. The van der Waals surface area contributed by atoms with Gasteiger partial charge in [-0.2, -0.15) is 0 Å². The maximum Gasteiger partial charge on any atom is 0.408 e. The van der Waals surface area contributed by atoms with Crippen molar-refractivity contribution in [1.82, 2.24) is 16.0 Å². The normalized spacial score (nSPS) is 12.1. The van der Waals surface area contributed by atoms with E-state index in [1.165, 1.54) is 180 Å². The summed E-state index contributed by atoms with van der Waals surface area (Å²) in [5.74, 6) is -0.324. The summed E-state index contributed by atoms with van der Waals surface area (Å²) >= 11 is 0. The van der Waals surface area contributed by atoms with Crippen molar-refractivity contribution in [1.29, 1.82) is 0 Å². The number of nitrogens with one attached hydrogen (secondary N) is 3. The number of amides is 3. The molecule has 0 unspecified atom stereocenters. The lowest BCUT2D eigenvalue weighted by Gasteiger charge is -2.23. The highest BCUT2D eigenvalue weighted by molar-refractivity contribution is 5.86. The van der Waals surface area contributed by atoms with Gasteiger partial charge >= 0.3 is 6.09 Å². The second-order valence-electron chi connectivity index (χ2n) is 17.0. The van der Waals surface area contributed by atoms with Crippen LogP contribution in [0.2, 0.25) is 0 Å². The van der Waals surface area contributed by atoms with Gasteiger partial charge in [-0.1, -0.05) is 206 Å². The van der Waals surface area contributed by atoms with Crippen LogP contribution >= 0.6 is 0 Å². The van der Waals surface area contributed by atoms with E-state index in [-0.39, 0.29) is 24.7 Å². The summed E-state index contributed by atoms with van der Waals surface area (Å²) < 4.78 is 5.40. The van der Waals surface area contributed by atoms with E-state index in [2.05, 4.69) is 29.8 Å². The molecule has 0 aliphatic heterocycles. The number of ether oxygens (including phenoxy) is 1. The molecule has 0 bridgehead atoms. The molecule has 0 aliphatic rings. The minimum absolute atomic E-state index is 0.0763. The Bertz CT molecular complexity index is 828. The summed E-state index contributed by atoms with van der Waals surface area (Å²) in [6.07, 6.45) is 42.0. The van der Waals surface area contributed by atoms with Gasteiger partial charge in [-0.15, -0.1) is 0 Å². The molecule has 0 aromatic rings. The SMILES string of the molecule is CCCCCCCCCCCCCCCCCCNC(=O)CC[C@H](NC(=O)OC(C)(C)C)C(=O)NCCCCCCCCCCCCCCCCCC. The van der Waals surface area contributed by atoms with Crippen LogP contribution < -0.4 is 16.0 Å². The second kappa shape index (κ2) is 38.5. The maximum absolute atomic E-state index is 13.0. The summed E-state index contributed by atoms with van der Waals surface area (Å²) in [6.45, 7) is 11.2. The first-order valence-electron chi connectivity index (χ1n) is 23.2. The first-order chi connectivity index (χ1) is 25.7. The van der Waals surface area contributed by atoms with Gasteiger partial charge in [-0.25, -0.2) is 4.79 Å². The largest absolute Gasteiger partial charge is 0.444 e. The van der Waals surface area contributed by atoms with E-state index in [4.69, 9.17) is 4.74 Å². The number of hydrogen-bond acceptors (Lipinski definition) is 4. The molecule has 0 aromatic heterocycles. The molecule has 53 heavy (non-hydrogen) atoms. The van der Waals surface area contributed by atoms with Gasteiger partial charge in [0.05, 0.1) is 0 Å². The van der Waals surface area contributed by atoms with Crippen molar-refractivity contribution in [2.75, 3.05) is 13.1 Å². The second-order valence-corrected chi connectivity index (χ2v) is 17.0. The first-order valence-corrected chi connectivity index (χ1v) is 23.2. The lowest BCUT2D eigenvalue weighted by atomic mass is 10.0. The molecular formula is C46H91N3O4. The predicted octanol–water partition coefficient (Wildman–Crippen LogP) is 13.4. The fraction of sp³-hybridized carbons (Fsp3) is 0.935. The topological polar surface area (TPSA) is 96.5 Å². The van der Waals surface area contributed by atoms with Crippen molar-refractivity contribution in [2.45, 2.75) is 265 Å². The van der Waals surface area contributed by atoms with Crippen LogP contribution in [0.4, 0.5) is 4.79 Å². The summed E-state index contributed by atoms with van der Waals surface area (Å²) in [7, 11) is 0. The number of carbonyl (C=O) groups excluding carboxylic acids is 3. The van der Waals surface area contributed by atoms with Gasteiger partial charge in [0.25, 0.3) is 0 Å². The Morgan fingerprint density at radius 2 is 0.755 bits per heavy atom. The molecule has 7 nitrogen and oxygen atoms in total. The molecule has 0 radical (unpaired) electrons. The molecule has 0 aliphatic carbocycles. The number of hydrogen-bond donors (Lipinski definition) is 3. The van der Waals surface area contributed by atoms with Crippen LogP contribution in [0.1, 0.15) is 253 Å². The van der Waals surface area contributed by atoms with Gasteiger partial charge in [0.15, 0.2) is 0 Å². The van der Waals surface area contributed by atoms with Crippen LogP contribution in [-0.2, 0) is 14.3 Å². The van der Waals surface area contributed by atoms with Gasteiger partial charge in [-0.05, 0) is 40.0 Å². The molecule has 314 valence electrons. The van der Waals surface area contributed by atoms with Crippen LogP contribution in [0.15, 0.2) is 0 Å². The van der Waals surface area contributed by atoms with Gasteiger partial charge in [0, 0.05) is 19.5 Å². The number of carbonyl (C=O) groups is 3. The molecule has 0 rings (SSSR count). The van der Waals surface area contributed by atoms with Crippen molar-refractivity contribution in [3.05, 3.63) is 0 Å². The zero-order valence-electron chi connectivity index (χ0n) is 36.2. The van der Waals surface area contributed by atoms with Crippen molar-refractivity contribution >= 4 is 17.9 Å². The quantitative estimate of drug-likeness (QED) is 0.0545. The summed E-state index contributed by atoms with van der Waals surface area (Å²) in [5, 5.41) is 8.70. The predicted molar refractivity (Wildman–Crippen MR) is 228 cm³/mol. The molecule has 0 aromatic carbocycles. The molecule has 0 saturated carbocycles. The van der Waals surface area contributed by atoms with Crippen LogP contribution in [0.3, 0.4) is 0 Å². The molecule has 0 spiro atoms. The molecule has 1 atom stereocenters. The van der Waals surface area contributed by atoms with E-state index in [0.717, 1.165) is 25.7 Å². The van der Waals surface area contributed by atoms with Crippen LogP contribution in [-0.4, -0.2) is 42.6 Å². The molecule has 0 saturated heterocycles. The smallest absolute Gasteiger partial charge is 0.408 e. The van der Waals surface area contributed by atoms with E-state index < -0.39 is 17.7 Å². The molecule has 3 N–H and O–H groups in total. The average Bonchev–Trinajstić information content (AvgIpc) is 3.11. The van der Waals surface area contributed by atoms with E-state index in [1.807, 2.05) is 0 Å². The number of alkyl carbamates (subject to hydrolysis) is 1. The van der Waals surface area contributed by atoms with Crippen LogP contribution in [0.25, 0.3) is 0 Å². The van der Waals surface area contributed by atoms with Gasteiger partial charge < -0.3 is 20.7 Å². The van der Waals surface area contributed by atoms with Gasteiger partial charge in [-0.3, -0.25) is 9.59 Å². The molecular weight excluding hydrogens is 659 g/mol. The van der Waals surface area contributed by atoms with Crippen molar-refractivity contribution in [3.8, 4) is 0 Å². The van der Waals surface area contributed by atoms with Gasteiger partial charge in [0.2, 0.25) is 11.8 Å². The fourth-order valence-electron chi connectivity index (χ4n) is 6.99. The summed E-state index contributed by atoms with van der Waals surface area (Å²) in [6, 6.07) is -0.799. The highest BCUT2D eigenvalue weighted by Gasteiger charge is 2.25. The van der Waals surface area contributed by atoms with Crippen molar-refractivity contribution < 1.29 is 19.1 Å². The Morgan fingerprint density at radius 3 is 1.08 bits per heavy atom. The zero-order valence-corrected chi connectivity index (χ0v) is 36.2. The number of rotatable bonds is 39. The average molecular weight is 750 g/mol. The Morgan fingerprint density at radius 1 is 0.453 bits per heavy atom. The van der Waals surface area contributed by atoms with E-state index in [0.29, 0.717) is 13.1 Å². The third kappa shape index (κ3) is 39.7. The Labute approximate surface area is 329 Å². The third-order valence-corrected chi connectivity index (χ3v) is 10.3. The van der Waals surface area contributed by atoms with Crippen LogP contribution in [0.5, 0.6) is 0 Å². The van der Waals surface area contributed by atoms with E-state index >= 15 is 0 Å². The Kier molecular flexibility index (Phi) is 37.2. The van der Waals surface area contributed by atoms with Crippen molar-refractivity contribution in [2.24, 2.45) is 0 Å². The van der Waals surface area contributed by atoms with E-state index in [9.17, 15) is 14.4 Å². The highest BCUT2D eigenvalue weighted by Crippen LogP contribution is 2.15. The molecule has 3 amide bonds. The zero-order chi connectivity index (χ0) is 39.1. The lowest BCUT2D eigenvalue weighted by Crippen LogP contribution is -2.48. The van der Waals surface area contributed by atoms with E-state index in [1.54, 1.807) is 20.8 Å². The maximum atomic E-state index is 13.0. The molecule has 7 heteroatoms. The summed E-state index contributed by atoms with van der Waals surface area (Å²) in [4.78, 5) is 38.1. The van der Waals surface area contributed by atoms with Crippen molar-refractivity contribution in [3.63, 3.8) is 0 Å². The Hall–Kier alpha value is -1.79. The number of unbranched alkanes of at least 4 members (excludes halogenated alkanes) is 30. The third-order valence-electron chi connectivity index (χ3n) is 10.3.